The summed E-state index contributed by atoms with van der Waals surface area (Å²) in [6.07, 6.45) is 0.428. The number of nitrogens with zero attached hydrogens (tertiary/aromatic N) is 1. The van der Waals surface area contributed by atoms with Crippen molar-refractivity contribution in [3.8, 4) is 11.1 Å². The van der Waals surface area contributed by atoms with E-state index in [0.29, 0.717) is 13.0 Å². The van der Waals surface area contributed by atoms with Crippen LogP contribution in [0.2, 0.25) is 0 Å². The van der Waals surface area contributed by atoms with Crippen molar-refractivity contribution in [2.24, 2.45) is 0 Å². The Bertz CT molecular complexity index is 837. The quantitative estimate of drug-likeness (QED) is 0.654. The summed E-state index contributed by atoms with van der Waals surface area (Å²) in [5, 5.41) is 0. The highest BCUT2D eigenvalue weighted by Crippen LogP contribution is 2.19. The molecular weight excluding hydrogens is 306 g/mol. The molecule has 0 saturated carbocycles. The van der Waals surface area contributed by atoms with Crippen molar-refractivity contribution < 1.29 is 4.79 Å². The topological polar surface area (TPSA) is 20.3 Å². The fraction of sp³-hybridized carbons (Fsp3) is 0.174. The van der Waals surface area contributed by atoms with Gasteiger partial charge in [-0.3, -0.25) is 4.79 Å². The van der Waals surface area contributed by atoms with Gasteiger partial charge in [-0.2, -0.15) is 0 Å². The molecule has 0 aromatic heterocycles. The Morgan fingerprint density at radius 2 is 1.40 bits per heavy atom. The molecule has 0 aliphatic heterocycles. The molecule has 126 valence electrons. The summed E-state index contributed by atoms with van der Waals surface area (Å²) in [4.78, 5) is 14.3. The average molecular weight is 329 g/mol. The predicted molar refractivity (Wildman–Crippen MR) is 103 cm³/mol. The third-order valence-electron chi connectivity index (χ3n) is 4.51. The van der Waals surface area contributed by atoms with Gasteiger partial charge in [-0.25, -0.2) is 0 Å². The zero-order valence-corrected chi connectivity index (χ0v) is 14.8. The molecule has 2 nitrogen and oxygen atoms in total. The zero-order chi connectivity index (χ0) is 17.6. The number of aryl methyl sites for hydroxylation is 1. The van der Waals surface area contributed by atoms with E-state index in [4.69, 9.17) is 0 Å². The molecule has 0 bridgehead atoms. The number of likely N-dealkylation sites (N-methyl/N-ethyl adjacent to an activating group) is 1. The molecule has 0 atom stereocenters. The molecule has 3 rings (SSSR count). The highest BCUT2D eigenvalue weighted by atomic mass is 16.2. The Labute approximate surface area is 149 Å². The second-order valence-corrected chi connectivity index (χ2v) is 6.42. The first-order valence-electron chi connectivity index (χ1n) is 8.56. The molecule has 0 radical (unpaired) electrons. The van der Waals surface area contributed by atoms with E-state index in [1.54, 1.807) is 4.90 Å². The maximum atomic E-state index is 12.5. The van der Waals surface area contributed by atoms with Crippen molar-refractivity contribution in [3.05, 3.63) is 95.6 Å². The van der Waals surface area contributed by atoms with E-state index in [2.05, 4.69) is 43.3 Å². The van der Waals surface area contributed by atoms with Crippen LogP contribution in [0.15, 0.2) is 78.9 Å². The van der Waals surface area contributed by atoms with Crippen LogP contribution in [0, 0.1) is 6.92 Å². The van der Waals surface area contributed by atoms with E-state index < -0.39 is 0 Å². The summed E-state index contributed by atoms with van der Waals surface area (Å²) in [5.74, 6) is 0.135. The molecule has 1 amide bonds. The Morgan fingerprint density at radius 1 is 0.800 bits per heavy atom. The van der Waals surface area contributed by atoms with Crippen molar-refractivity contribution in [1.29, 1.82) is 0 Å². The van der Waals surface area contributed by atoms with E-state index in [1.165, 1.54) is 22.3 Å². The van der Waals surface area contributed by atoms with Crippen LogP contribution in [0.3, 0.4) is 0 Å². The molecule has 0 saturated heterocycles. The van der Waals surface area contributed by atoms with Crippen LogP contribution < -0.4 is 0 Å². The van der Waals surface area contributed by atoms with Gasteiger partial charge in [0.05, 0.1) is 6.42 Å². The Kier molecular flexibility index (Phi) is 5.30. The molecule has 0 spiro atoms. The van der Waals surface area contributed by atoms with E-state index in [-0.39, 0.29) is 5.91 Å². The van der Waals surface area contributed by atoms with Gasteiger partial charge in [0.25, 0.3) is 0 Å². The SMILES string of the molecule is Cc1ccccc1CN(C)C(=O)Cc1ccc(-c2ccccc2)cc1. The number of rotatable bonds is 5. The van der Waals surface area contributed by atoms with E-state index >= 15 is 0 Å². The number of amides is 1. The molecule has 0 N–H and O–H groups in total. The number of carbonyl (C=O) groups is 1. The number of hydrogen-bond acceptors (Lipinski definition) is 1. The molecule has 0 aliphatic carbocycles. The van der Waals surface area contributed by atoms with E-state index in [1.807, 2.05) is 49.5 Å². The summed E-state index contributed by atoms with van der Waals surface area (Å²) in [5.41, 5.74) is 5.82. The summed E-state index contributed by atoms with van der Waals surface area (Å²) < 4.78 is 0. The standard InChI is InChI=1S/C23H23NO/c1-18-8-6-7-11-22(18)17-24(2)23(25)16-19-12-14-21(15-13-19)20-9-4-3-5-10-20/h3-15H,16-17H2,1-2H3. The van der Waals surface area contributed by atoms with Crippen molar-refractivity contribution in [3.63, 3.8) is 0 Å². The van der Waals surface area contributed by atoms with Crippen LogP contribution in [0.4, 0.5) is 0 Å². The largest absolute Gasteiger partial charge is 0.341 e. The van der Waals surface area contributed by atoms with Gasteiger partial charge in [0.15, 0.2) is 0 Å². The lowest BCUT2D eigenvalue weighted by Crippen LogP contribution is -2.28. The maximum absolute atomic E-state index is 12.5. The lowest BCUT2D eigenvalue weighted by molar-refractivity contribution is -0.129. The second-order valence-electron chi connectivity index (χ2n) is 6.42. The molecule has 3 aromatic carbocycles. The maximum Gasteiger partial charge on any atom is 0.227 e. The van der Waals surface area contributed by atoms with Gasteiger partial charge < -0.3 is 4.90 Å². The Balaban J connectivity index is 1.63. The first kappa shape index (κ1) is 17.0. The minimum absolute atomic E-state index is 0.135. The van der Waals surface area contributed by atoms with Crippen LogP contribution in [-0.4, -0.2) is 17.9 Å². The number of hydrogen-bond donors (Lipinski definition) is 0. The lowest BCUT2D eigenvalue weighted by Gasteiger charge is -2.18. The van der Waals surface area contributed by atoms with Gasteiger partial charge in [0.2, 0.25) is 5.91 Å². The Morgan fingerprint density at radius 3 is 2.08 bits per heavy atom. The van der Waals surface area contributed by atoms with Crippen molar-refractivity contribution in [2.45, 2.75) is 19.9 Å². The van der Waals surface area contributed by atoms with Crippen molar-refractivity contribution in [2.75, 3.05) is 7.05 Å². The third kappa shape index (κ3) is 4.36. The van der Waals surface area contributed by atoms with Crippen LogP contribution in [0.5, 0.6) is 0 Å². The fourth-order valence-electron chi connectivity index (χ4n) is 2.89. The van der Waals surface area contributed by atoms with Crippen molar-refractivity contribution in [1.82, 2.24) is 4.90 Å². The Hall–Kier alpha value is -2.87. The summed E-state index contributed by atoms with van der Waals surface area (Å²) >= 11 is 0. The number of carbonyl (C=O) groups excluding carboxylic acids is 1. The first-order valence-corrected chi connectivity index (χ1v) is 8.56. The normalized spacial score (nSPS) is 10.5. The van der Waals surface area contributed by atoms with Gasteiger partial charge in [-0.15, -0.1) is 0 Å². The molecule has 2 heteroatoms. The monoisotopic (exact) mass is 329 g/mol. The van der Waals surface area contributed by atoms with Gasteiger partial charge in [-0.05, 0) is 34.7 Å². The van der Waals surface area contributed by atoms with Crippen LogP contribution in [0.25, 0.3) is 11.1 Å². The second kappa shape index (κ2) is 7.80. The number of benzene rings is 3. The minimum atomic E-state index is 0.135. The lowest BCUT2D eigenvalue weighted by atomic mass is 10.0. The highest BCUT2D eigenvalue weighted by Gasteiger charge is 2.11. The summed E-state index contributed by atoms with van der Waals surface area (Å²) in [7, 11) is 1.87. The molecule has 3 aromatic rings. The summed E-state index contributed by atoms with van der Waals surface area (Å²) in [6.45, 7) is 2.73. The van der Waals surface area contributed by atoms with E-state index in [0.717, 1.165) is 5.56 Å². The molecule has 0 fully saturated rings. The van der Waals surface area contributed by atoms with Crippen LogP contribution >= 0.6 is 0 Å². The minimum Gasteiger partial charge on any atom is -0.341 e. The molecule has 0 heterocycles. The average Bonchev–Trinajstić information content (AvgIpc) is 2.65. The molecule has 0 aliphatic rings. The first-order chi connectivity index (χ1) is 12.1. The van der Waals surface area contributed by atoms with Gasteiger partial charge in [0, 0.05) is 13.6 Å². The zero-order valence-electron chi connectivity index (χ0n) is 14.8. The van der Waals surface area contributed by atoms with Gasteiger partial charge in [0.1, 0.15) is 0 Å². The third-order valence-corrected chi connectivity index (χ3v) is 4.51. The highest BCUT2D eigenvalue weighted by molar-refractivity contribution is 5.79. The van der Waals surface area contributed by atoms with Crippen LogP contribution in [-0.2, 0) is 17.8 Å². The van der Waals surface area contributed by atoms with E-state index in [9.17, 15) is 4.79 Å². The molecular formula is C23H23NO. The van der Waals surface area contributed by atoms with Gasteiger partial charge in [-0.1, -0.05) is 78.9 Å². The fourth-order valence-corrected chi connectivity index (χ4v) is 2.89. The van der Waals surface area contributed by atoms with Gasteiger partial charge >= 0.3 is 0 Å². The smallest absolute Gasteiger partial charge is 0.227 e. The van der Waals surface area contributed by atoms with Crippen LogP contribution in [0.1, 0.15) is 16.7 Å². The summed E-state index contributed by atoms with van der Waals surface area (Å²) in [6, 6.07) is 26.7. The predicted octanol–water partition coefficient (Wildman–Crippen LogP) is 4.86. The van der Waals surface area contributed by atoms with Crippen molar-refractivity contribution >= 4 is 5.91 Å². The molecule has 25 heavy (non-hydrogen) atoms. The molecule has 0 unspecified atom stereocenters.